The average molecular weight is 441 g/mol. The topological polar surface area (TPSA) is 26.3 Å². The highest BCUT2D eigenvalue weighted by Gasteiger charge is 2.58. The van der Waals surface area contributed by atoms with E-state index in [0.29, 0.717) is 28.6 Å². The number of allylic oxidation sites excluding steroid dienone is 4. The molecule has 0 aromatic carbocycles. The second kappa shape index (κ2) is 8.95. The molecule has 32 heavy (non-hydrogen) atoms. The molecule has 2 nitrogen and oxygen atoms in total. The molecule has 0 aliphatic heterocycles. The molecule has 0 heterocycles. The van der Waals surface area contributed by atoms with Crippen molar-refractivity contribution in [1.82, 2.24) is 0 Å². The van der Waals surface area contributed by atoms with Crippen LogP contribution in [-0.2, 0) is 9.53 Å². The van der Waals surface area contributed by atoms with E-state index in [1.807, 2.05) is 5.57 Å². The maximum absolute atomic E-state index is 11.5. The lowest BCUT2D eigenvalue weighted by Gasteiger charge is -2.58. The van der Waals surface area contributed by atoms with Crippen LogP contribution in [-0.4, -0.2) is 12.1 Å². The molecular weight excluding hydrogens is 392 g/mol. The van der Waals surface area contributed by atoms with Crippen molar-refractivity contribution in [2.75, 3.05) is 0 Å². The van der Waals surface area contributed by atoms with E-state index < -0.39 is 0 Å². The van der Waals surface area contributed by atoms with Crippen LogP contribution in [0.2, 0.25) is 0 Å². The lowest BCUT2D eigenvalue weighted by atomic mass is 9.47. The quantitative estimate of drug-likeness (QED) is 0.320. The van der Waals surface area contributed by atoms with Crippen LogP contribution in [0, 0.1) is 52.3 Å². The summed E-state index contributed by atoms with van der Waals surface area (Å²) < 4.78 is 5.64. The summed E-state index contributed by atoms with van der Waals surface area (Å²) in [5.74, 6) is 4.98. The SMILES string of the molecule is CC(=O)OC1CCC2(C)C(CC=C3C2CCC2(C)C3CCC2C(C)/C=C\C(C)C(C)C)C1. The Morgan fingerprint density at radius 3 is 2.38 bits per heavy atom. The fourth-order valence-electron chi connectivity index (χ4n) is 8.43. The monoisotopic (exact) mass is 440 g/mol. The van der Waals surface area contributed by atoms with Crippen LogP contribution in [0.3, 0.4) is 0 Å². The summed E-state index contributed by atoms with van der Waals surface area (Å²) in [5, 5.41) is 0. The number of esters is 1. The molecule has 4 aliphatic carbocycles. The predicted molar refractivity (Wildman–Crippen MR) is 133 cm³/mol. The number of fused-ring (bicyclic) bond motifs is 5. The molecule has 2 heteroatoms. The Morgan fingerprint density at radius 1 is 1.00 bits per heavy atom. The molecule has 0 saturated heterocycles. The first-order valence-electron chi connectivity index (χ1n) is 13.6. The van der Waals surface area contributed by atoms with Crippen LogP contribution in [0.5, 0.6) is 0 Å². The van der Waals surface area contributed by atoms with Gasteiger partial charge < -0.3 is 4.74 Å². The molecule has 0 aromatic heterocycles. The standard InChI is InChI=1S/C30H48O2/c1-19(2)20(3)8-9-21(4)26-12-13-27-25-11-10-23-18-24(32-22(5)31)14-16-29(23,6)28(25)15-17-30(26,27)7/h8-9,11,19-21,23-24,26-28H,10,12-18H2,1-7H3/b9-8-. The zero-order valence-corrected chi connectivity index (χ0v) is 21.8. The highest BCUT2D eigenvalue weighted by Crippen LogP contribution is 2.66. The van der Waals surface area contributed by atoms with E-state index >= 15 is 0 Å². The van der Waals surface area contributed by atoms with E-state index in [-0.39, 0.29) is 12.1 Å². The molecule has 3 saturated carbocycles. The van der Waals surface area contributed by atoms with Crippen molar-refractivity contribution in [2.24, 2.45) is 52.3 Å². The van der Waals surface area contributed by atoms with Crippen LogP contribution in [0.1, 0.15) is 99.8 Å². The van der Waals surface area contributed by atoms with Crippen molar-refractivity contribution in [3.8, 4) is 0 Å². The summed E-state index contributed by atoms with van der Waals surface area (Å²) in [4.78, 5) is 11.5. The van der Waals surface area contributed by atoms with Gasteiger partial charge >= 0.3 is 5.97 Å². The molecule has 0 amide bonds. The molecule has 9 atom stereocenters. The third kappa shape index (κ3) is 4.14. The molecular formula is C30H48O2. The summed E-state index contributed by atoms with van der Waals surface area (Å²) in [6.45, 7) is 16.3. The maximum atomic E-state index is 11.5. The lowest BCUT2D eigenvalue weighted by molar-refractivity contribution is -0.152. The minimum Gasteiger partial charge on any atom is -0.463 e. The first kappa shape index (κ1) is 24.1. The molecule has 9 unspecified atom stereocenters. The van der Waals surface area contributed by atoms with Gasteiger partial charge in [-0.3, -0.25) is 4.79 Å². The number of ether oxygens (including phenoxy) is 1. The smallest absolute Gasteiger partial charge is 0.302 e. The largest absolute Gasteiger partial charge is 0.463 e. The summed E-state index contributed by atoms with van der Waals surface area (Å²) in [6, 6.07) is 0. The summed E-state index contributed by atoms with van der Waals surface area (Å²) in [6.07, 6.45) is 17.9. The fourth-order valence-corrected chi connectivity index (χ4v) is 8.43. The van der Waals surface area contributed by atoms with Gasteiger partial charge in [0.2, 0.25) is 0 Å². The van der Waals surface area contributed by atoms with Gasteiger partial charge in [0.1, 0.15) is 6.10 Å². The molecule has 0 aromatic rings. The van der Waals surface area contributed by atoms with Crippen molar-refractivity contribution >= 4 is 5.97 Å². The minimum absolute atomic E-state index is 0.109. The Kier molecular flexibility index (Phi) is 6.74. The number of hydrogen-bond donors (Lipinski definition) is 0. The molecule has 0 N–H and O–H groups in total. The summed E-state index contributed by atoms with van der Waals surface area (Å²) >= 11 is 0. The Hall–Kier alpha value is -1.05. The number of carbonyl (C=O) groups is 1. The van der Waals surface area contributed by atoms with Gasteiger partial charge in [0, 0.05) is 6.92 Å². The van der Waals surface area contributed by atoms with Crippen LogP contribution >= 0.6 is 0 Å². The van der Waals surface area contributed by atoms with E-state index in [4.69, 9.17) is 4.74 Å². The Morgan fingerprint density at radius 2 is 1.69 bits per heavy atom. The zero-order valence-electron chi connectivity index (χ0n) is 21.8. The van der Waals surface area contributed by atoms with Crippen LogP contribution in [0.25, 0.3) is 0 Å². The highest BCUT2D eigenvalue weighted by molar-refractivity contribution is 5.66. The lowest BCUT2D eigenvalue weighted by Crippen LogP contribution is -2.50. The first-order chi connectivity index (χ1) is 15.1. The summed E-state index contributed by atoms with van der Waals surface area (Å²) in [7, 11) is 0. The van der Waals surface area contributed by atoms with E-state index in [2.05, 4.69) is 59.8 Å². The van der Waals surface area contributed by atoms with Crippen molar-refractivity contribution in [2.45, 2.75) is 106 Å². The van der Waals surface area contributed by atoms with Gasteiger partial charge in [0.05, 0.1) is 0 Å². The van der Waals surface area contributed by atoms with Crippen LogP contribution in [0.15, 0.2) is 23.8 Å². The Bertz CT molecular complexity index is 763. The average Bonchev–Trinajstić information content (AvgIpc) is 3.08. The van der Waals surface area contributed by atoms with Crippen LogP contribution in [0.4, 0.5) is 0 Å². The van der Waals surface area contributed by atoms with Crippen molar-refractivity contribution in [1.29, 1.82) is 0 Å². The maximum Gasteiger partial charge on any atom is 0.302 e. The van der Waals surface area contributed by atoms with Crippen LogP contribution < -0.4 is 0 Å². The van der Waals surface area contributed by atoms with Crippen molar-refractivity contribution in [3.63, 3.8) is 0 Å². The third-order valence-corrected chi connectivity index (χ3v) is 10.8. The Balaban J connectivity index is 1.51. The second-order valence-electron chi connectivity index (χ2n) is 12.8. The molecule has 4 aliphatic rings. The van der Waals surface area contributed by atoms with E-state index in [1.54, 1.807) is 6.92 Å². The van der Waals surface area contributed by atoms with E-state index in [9.17, 15) is 4.79 Å². The molecule has 180 valence electrons. The summed E-state index contributed by atoms with van der Waals surface area (Å²) in [5.41, 5.74) is 2.70. The first-order valence-corrected chi connectivity index (χ1v) is 13.6. The van der Waals surface area contributed by atoms with Gasteiger partial charge in [-0.05, 0) is 104 Å². The predicted octanol–water partition coefficient (Wildman–Crippen LogP) is 7.98. The van der Waals surface area contributed by atoms with Gasteiger partial charge in [0.25, 0.3) is 0 Å². The van der Waals surface area contributed by atoms with E-state index in [0.717, 1.165) is 36.5 Å². The molecule has 0 bridgehead atoms. The van der Waals surface area contributed by atoms with Gasteiger partial charge in [-0.15, -0.1) is 0 Å². The molecule has 4 rings (SSSR count). The molecule has 3 fully saturated rings. The van der Waals surface area contributed by atoms with E-state index in [1.165, 1.54) is 38.5 Å². The Labute approximate surface area is 197 Å². The van der Waals surface area contributed by atoms with Gasteiger partial charge in [-0.1, -0.05) is 65.3 Å². The highest BCUT2D eigenvalue weighted by atomic mass is 16.5. The zero-order chi connectivity index (χ0) is 23.3. The fraction of sp³-hybridized carbons (Fsp3) is 0.833. The van der Waals surface area contributed by atoms with Gasteiger partial charge in [-0.25, -0.2) is 0 Å². The normalized spacial score (nSPS) is 43.2. The van der Waals surface area contributed by atoms with Gasteiger partial charge in [-0.2, -0.15) is 0 Å². The minimum atomic E-state index is -0.109. The number of carbonyl (C=O) groups excluding carboxylic acids is 1. The van der Waals surface area contributed by atoms with Crippen molar-refractivity contribution in [3.05, 3.63) is 23.8 Å². The van der Waals surface area contributed by atoms with Gasteiger partial charge in [0.15, 0.2) is 0 Å². The van der Waals surface area contributed by atoms with Crippen molar-refractivity contribution < 1.29 is 9.53 Å². The second-order valence-corrected chi connectivity index (χ2v) is 12.8. The molecule has 0 radical (unpaired) electrons. The number of rotatable bonds is 5. The molecule has 0 spiro atoms. The third-order valence-electron chi connectivity index (χ3n) is 10.8. The number of hydrogen-bond acceptors (Lipinski definition) is 2.